The Morgan fingerprint density at radius 2 is 1.43 bits per heavy atom. The highest BCUT2D eigenvalue weighted by atomic mass is 16.6. The van der Waals surface area contributed by atoms with Gasteiger partial charge in [-0.25, -0.2) is 9.59 Å². The molecule has 2 rings (SSSR count). The molecule has 0 saturated heterocycles. The summed E-state index contributed by atoms with van der Waals surface area (Å²) in [7, 11) is 0. The molecule has 12 heteroatoms. The van der Waals surface area contributed by atoms with Crippen LogP contribution < -0.4 is 16.4 Å². The number of aliphatic hydroxyl groups is 1. The molecule has 12 nitrogen and oxygen atoms in total. The van der Waals surface area contributed by atoms with Gasteiger partial charge in [-0.05, 0) is 66.0 Å². The normalized spacial score (nSPS) is 13.5. The predicted molar refractivity (Wildman–Crippen MR) is 172 cm³/mol. The molecule has 252 valence electrons. The molecular weight excluding hydrogens is 592 g/mol. The highest BCUT2D eigenvalue weighted by molar-refractivity contribution is 5.94. The molecule has 0 heterocycles. The number of carbonyl (C=O) groups excluding carboxylic acids is 5. The fourth-order valence-corrected chi connectivity index (χ4v) is 4.56. The van der Waals surface area contributed by atoms with Gasteiger partial charge in [0.15, 0.2) is 0 Å². The minimum atomic E-state index is -1.35. The van der Waals surface area contributed by atoms with Gasteiger partial charge in [-0.15, -0.1) is 0 Å². The lowest BCUT2D eigenvalue weighted by Gasteiger charge is -2.35. The minimum Gasteiger partial charge on any atom is -0.458 e. The lowest BCUT2D eigenvalue weighted by molar-refractivity contribution is -0.159. The van der Waals surface area contributed by atoms with Crippen LogP contribution in [-0.2, 0) is 35.1 Å². The maximum Gasteiger partial charge on any atom is 0.408 e. The Labute approximate surface area is 271 Å². The van der Waals surface area contributed by atoms with E-state index in [-0.39, 0.29) is 25.8 Å². The zero-order chi connectivity index (χ0) is 34.7. The second kappa shape index (κ2) is 16.7. The number of ether oxygens (including phenoxy) is 2. The van der Waals surface area contributed by atoms with Crippen LogP contribution in [0.2, 0.25) is 0 Å². The van der Waals surface area contributed by atoms with E-state index in [1.165, 1.54) is 0 Å². The SMILES string of the molecule is Cc1ccc(C(C(=O)NC(Cc2ccccc2)C(=O)OC(C)(C)C)N(CCO)C(=O)C(CCC(N)=O)NC(=O)OC(C)(C)C)cc1. The van der Waals surface area contributed by atoms with Gasteiger partial charge in [0.25, 0.3) is 0 Å². The van der Waals surface area contributed by atoms with Gasteiger partial charge in [-0.1, -0.05) is 60.2 Å². The van der Waals surface area contributed by atoms with Crippen LogP contribution in [0.5, 0.6) is 0 Å². The number of nitrogens with two attached hydrogens (primary N) is 1. The van der Waals surface area contributed by atoms with Gasteiger partial charge in [-0.3, -0.25) is 14.4 Å². The summed E-state index contributed by atoms with van der Waals surface area (Å²) in [6, 6.07) is 12.1. The van der Waals surface area contributed by atoms with Gasteiger partial charge in [0.05, 0.1) is 6.61 Å². The van der Waals surface area contributed by atoms with E-state index < -0.39 is 65.7 Å². The zero-order valence-corrected chi connectivity index (χ0v) is 27.8. The summed E-state index contributed by atoms with van der Waals surface area (Å²) in [4.78, 5) is 67.3. The van der Waals surface area contributed by atoms with Crippen LogP contribution in [0, 0.1) is 6.92 Å². The van der Waals surface area contributed by atoms with Crippen LogP contribution in [0.15, 0.2) is 54.6 Å². The van der Waals surface area contributed by atoms with Crippen molar-refractivity contribution in [3.8, 4) is 0 Å². The first-order valence-corrected chi connectivity index (χ1v) is 15.2. The van der Waals surface area contributed by atoms with Gasteiger partial charge < -0.3 is 35.8 Å². The van der Waals surface area contributed by atoms with E-state index >= 15 is 0 Å². The van der Waals surface area contributed by atoms with Crippen molar-refractivity contribution in [2.75, 3.05) is 13.2 Å². The molecule has 5 N–H and O–H groups in total. The Morgan fingerprint density at radius 1 is 0.848 bits per heavy atom. The lowest BCUT2D eigenvalue weighted by atomic mass is 9.99. The minimum absolute atomic E-state index is 0.109. The summed E-state index contributed by atoms with van der Waals surface area (Å²) in [5, 5.41) is 15.3. The van der Waals surface area contributed by atoms with Crippen molar-refractivity contribution in [3.05, 3.63) is 71.3 Å². The quantitative estimate of drug-likeness (QED) is 0.228. The number of esters is 1. The van der Waals surface area contributed by atoms with Crippen LogP contribution in [0.1, 0.15) is 77.1 Å². The molecule has 0 fully saturated rings. The summed E-state index contributed by atoms with van der Waals surface area (Å²) in [6.45, 7) is 11.1. The van der Waals surface area contributed by atoms with Crippen molar-refractivity contribution in [1.82, 2.24) is 15.5 Å². The highest BCUT2D eigenvalue weighted by Crippen LogP contribution is 2.25. The largest absolute Gasteiger partial charge is 0.458 e. The maximum absolute atomic E-state index is 14.2. The van der Waals surface area contributed by atoms with Crippen molar-refractivity contribution in [1.29, 1.82) is 0 Å². The number of primary amides is 1. The Balaban J connectivity index is 2.57. The van der Waals surface area contributed by atoms with Crippen LogP contribution in [-0.4, -0.2) is 76.2 Å². The number of rotatable bonds is 14. The van der Waals surface area contributed by atoms with Crippen LogP contribution in [0.25, 0.3) is 0 Å². The third-order valence-corrected chi connectivity index (χ3v) is 6.54. The Bertz CT molecular complexity index is 1330. The third-order valence-electron chi connectivity index (χ3n) is 6.54. The first-order chi connectivity index (χ1) is 21.4. The van der Waals surface area contributed by atoms with Crippen molar-refractivity contribution in [2.45, 2.75) is 97.1 Å². The molecule has 0 radical (unpaired) electrons. The van der Waals surface area contributed by atoms with Crippen LogP contribution >= 0.6 is 0 Å². The average Bonchev–Trinajstić information content (AvgIpc) is 2.94. The Kier molecular flexibility index (Phi) is 13.7. The Morgan fingerprint density at radius 3 is 1.96 bits per heavy atom. The number of amides is 4. The van der Waals surface area contributed by atoms with Crippen molar-refractivity contribution >= 4 is 29.8 Å². The van der Waals surface area contributed by atoms with Crippen LogP contribution in [0.4, 0.5) is 4.79 Å². The number of carbonyl (C=O) groups is 5. The third kappa shape index (κ3) is 12.9. The molecule has 0 saturated carbocycles. The lowest BCUT2D eigenvalue weighted by Crippen LogP contribution is -2.55. The van der Waals surface area contributed by atoms with Gasteiger partial charge in [0.2, 0.25) is 17.7 Å². The molecule has 0 aliphatic heterocycles. The van der Waals surface area contributed by atoms with Crippen molar-refractivity contribution in [2.24, 2.45) is 5.73 Å². The summed E-state index contributed by atoms with van der Waals surface area (Å²) in [6.07, 6.45) is -1.24. The molecule has 2 aromatic carbocycles. The van der Waals surface area contributed by atoms with Gasteiger partial charge in [0, 0.05) is 19.4 Å². The van der Waals surface area contributed by atoms with E-state index in [1.807, 2.05) is 37.3 Å². The smallest absolute Gasteiger partial charge is 0.408 e. The molecular formula is C34H48N4O8. The fourth-order valence-electron chi connectivity index (χ4n) is 4.56. The topological polar surface area (TPSA) is 177 Å². The number of hydrogen-bond donors (Lipinski definition) is 4. The fraction of sp³-hybridized carbons (Fsp3) is 0.500. The van der Waals surface area contributed by atoms with E-state index in [9.17, 15) is 29.1 Å². The number of nitrogens with zero attached hydrogens (tertiary/aromatic N) is 1. The average molecular weight is 641 g/mol. The maximum atomic E-state index is 14.2. The molecule has 0 aromatic heterocycles. The van der Waals surface area contributed by atoms with E-state index in [4.69, 9.17) is 15.2 Å². The van der Waals surface area contributed by atoms with Gasteiger partial charge in [0.1, 0.15) is 29.3 Å². The zero-order valence-electron chi connectivity index (χ0n) is 27.8. The molecule has 3 unspecified atom stereocenters. The summed E-state index contributed by atoms with van der Waals surface area (Å²) >= 11 is 0. The van der Waals surface area contributed by atoms with E-state index in [1.54, 1.807) is 65.8 Å². The number of aryl methyl sites for hydroxylation is 1. The van der Waals surface area contributed by atoms with Crippen molar-refractivity contribution in [3.63, 3.8) is 0 Å². The Hall–Kier alpha value is -4.45. The number of benzene rings is 2. The predicted octanol–water partition coefficient (Wildman–Crippen LogP) is 3.09. The molecule has 2 aromatic rings. The summed E-state index contributed by atoms with van der Waals surface area (Å²) in [5.41, 5.74) is 5.68. The number of nitrogens with one attached hydrogen (secondary N) is 2. The van der Waals surface area contributed by atoms with Gasteiger partial charge in [-0.2, -0.15) is 0 Å². The number of aliphatic hydroxyl groups excluding tert-OH is 1. The van der Waals surface area contributed by atoms with E-state index in [0.29, 0.717) is 5.56 Å². The number of hydrogen-bond acceptors (Lipinski definition) is 8. The molecule has 0 spiro atoms. The molecule has 0 aliphatic carbocycles. The molecule has 3 atom stereocenters. The second-order valence-corrected chi connectivity index (χ2v) is 13.1. The first kappa shape index (κ1) is 37.7. The second-order valence-electron chi connectivity index (χ2n) is 13.1. The number of alkyl carbamates (subject to hydrolysis) is 1. The van der Waals surface area contributed by atoms with E-state index in [0.717, 1.165) is 16.0 Å². The van der Waals surface area contributed by atoms with E-state index in [2.05, 4.69) is 10.6 Å². The van der Waals surface area contributed by atoms with Gasteiger partial charge >= 0.3 is 12.1 Å². The molecule has 46 heavy (non-hydrogen) atoms. The summed E-state index contributed by atoms with van der Waals surface area (Å²) < 4.78 is 11.0. The van der Waals surface area contributed by atoms with Crippen LogP contribution in [0.3, 0.4) is 0 Å². The molecule has 4 amide bonds. The van der Waals surface area contributed by atoms with Crippen molar-refractivity contribution < 1.29 is 38.6 Å². The highest BCUT2D eigenvalue weighted by Gasteiger charge is 2.38. The first-order valence-electron chi connectivity index (χ1n) is 15.2. The monoisotopic (exact) mass is 640 g/mol. The standard InChI is InChI=1S/C34H48N4O8/c1-22-13-15-24(16-14-22)28(29(41)36-26(31(43)45-33(2,3)4)21-23-11-9-8-10-12-23)38(19-20-39)30(42)25(17-18-27(35)40)37-32(44)46-34(5,6)7/h8-16,25-26,28,39H,17-21H2,1-7H3,(H2,35,40)(H,36,41)(H,37,44). The summed E-state index contributed by atoms with van der Waals surface area (Å²) in [5.74, 6) is -2.85. The molecule has 0 bridgehead atoms. The molecule has 0 aliphatic rings.